The quantitative estimate of drug-likeness (QED) is 0.313. The standard InChI is InChI=1S/C22H23N3O4/c1-22(2)12-15-6-4-5-7-16(15)17(24-22)11-19(27)21(28)25-23-13-14-8-9-18(26)20(10-14)29-3/h4-11,13,24,26H,12H2,1-3H3,(H,25,28)/b17-11?,23-13+. The summed E-state index contributed by atoms with van der Waals surface area (Å²) in [7, 11) is 1.43. The third-order valence-electron chi connectivity index (χ3n) is 4.50. The van der Waals surface area contributed by atoms with Crippen molar-refractivity contribution in [2.24, 2.45) is 5.10 Å². The van der Waals surface area contributed by atoms with E-state index in [0.29, 0.717) is 11.3 Å². The molecule has 0 atom stereocenters. The van der Waals surface area contributed by atoms with E-state index in [1.165, 1.54) is 25.5 Å². The molecular weight excluding hydrogens is 370 g/mol. The highest BCUT2D eigenvalue weighted by Gasteiger charge is 2.28. The Morgan fingerprint density at radius 1 is 1.24 bits per heavy atom. The van der Waals surface area contributed by atoms with Gasteiger partial charge in [0.1, 0.15) is 0 Å². The summed E-state index contributed by atoms with van der Waals surface area (Å²) in [6.45, 7) is 4.08. The molecule has 3 N–H and O–H groups in total. The number of hydrogen-bond acceptors (Lipinski definition) is 6. The lowest BCUT2D eigenvalue weighted by Crippen LogP contribution is -2.44. The maximum absolute atomic E-state index is 12.4. The zero-order valence-corrected chi connectivity index (χ0v) is 16.5. The van der Waals surface area contributed by atoms with Crippen molar-refractivity contribution >= 4 is 23.6 Å². The molecule has 0 radical (unpaired) electrons. The van der Waals surface area contributed by atoms with Gasteiger partial charge < -0.3 is 15.2 Å². The molecule has 3 rings (SSSR count). The predicted molar refractivity (Wildman–Crippen MR) is 111 cm³/mol. The molecule has 0 saturated carbocycles. The second kappa shape index (κ2) is 8.18. The van der Waals surface area contributed by atoms with Gasteiger partial charge in [0.15, 0.2) is 11.5 Å². The van der Waals surface area contributed by atoms with Crippen LogP contribution in [0.25, 0.3) is 5.70 Å². The number of hydrogen-bond donors (Lipinski definition) is 3. The van der Waals surface area contributed by atoms with Crippen molar-refractivity contribution in [1.29, 1.82) is 0 Å². The number of amides is 1. The number of nitrogens with zero attached hydrogens (tertiary/aromatic N) is 1. The number of ketones is 1. The van der Waals surface area contributed by atoms with E-state index >= 15 is 0 Å². The van der Waals surface area contributed by atoms with Crippen molar-refractivity contribution in [2.45, 2.75) is 25.8 Å². The molecular formula is C22H23N3O4. The summed E-state index contributed by atoms with van der Waals surface area (Å²) in [4.78, 5) is 24.5. The highest BCUT2D eigenvalue weighted by molar-refractivity contribution is 6.41. The van der Waals surface area contributed by atoms with Crippen molar-refractivity contribution in [3.05, 3.63) is 65.2 Å². The average molecular weight is 393 g/mol. The van der Waals surface area contributed by atoms with Gasteiger partial charge in [-0.3, -0.25) is 9.59 Å². The Labute approximate surface area is 169 Å². The molecule has 1 amide bonds. The van der Waals surface area contributed by atoms with Crippen LogP contribution in [0, 0.1) is 0 Å². The number of methoxy groups -OCH3 is 1. The Kier molecular flexibility index (Phi) is 5.68. The fourth-order valence-corrected chi connectivity index (χ4v) is 3.19. The summed E-state index contributed by atoms with van der Waals surface area (Å²) < 4.78 is 5.01. The van der Waals surface area contributed by atoms with Crippen LogP contribution in [0.3, 0.4) is 0 Å². The second-order valence-corrected chi connectivity index (χ2v) is 7.40. The van der Waals surface area contributed by atoms with Gasteiger partial charge in [0.25, 0.3) is 0 Å². The minimum Gasteiger partial charge on any atom is -0.504 e. The first-order valence-corrected chi connectivity index (χ1v) is 9.11. The maximum atomic E-state index is 12.4. The van der Waals surface area contributed by atoms with Crippen LogP contribution >= 0.6 is 0 Å². The zero-order valence-electron chi connectivity index (χ0n) is 16.5. The number of hydrazone groups is 1. The van der Waals surface area contributed by atoms with E-state index < -0.39 is 11.7 Å². The largest absolute Gasteiger partial charge is 0.504 e. The first-order chi connectivity index (χ1) is 13.8. The minimum atomic E-state index is -0.845. The Morgan fingerprint density at radius 3 is 2.76 bits per heavy atom. The van der Waals surface area contributed by atoms with Gasteiger partial charge in [-0.2, -0.15) is 5.10 Å². The molecule has 150 valence electrons. The number of ether oxygens (including phenoxy) is 1. The van der Waals surface area contributed by atoms with Crippen LogP contribution in [-0.4, -0.2) is 35.7 Å². The van der Waals surface area contributed by atoms with Gasteiger partial charge in [0, 0.05) is 22.9 Å². The lowest BCUT2D eigenvalue weighted by molar-refractivity contribution is -0.135. The fourth-order valence-electron chi connectivity index (χ4n) is 3.19. The van der Waals surface area contributed by atoms with Crippen molar-refractivity contribution < 1.29 is 19.4 Å². The van der Waals surface area contributed by atoms with Crippen molar-refractivity contribution in [2.75, 3.05) is 7.11 Å². The Morgan fingerprint density at radius 2 is 2.00 bits per heavy atom. The molecule has 0 aromatic heterocycles. The van der Waals surface area contributed by atoms with E-state index in [-0.39, 0.29) is 17.0 Å². The highest BCUT2D eigenvalue weighted by atomic mass is 16.5. The van der Waals surface area contributed by atoms with E-state index in [0.717, 1.165) is 17.5 Å². The van der Waals surface area contributed by atoms with E-state index in [9.17, 15) is 14.7 Å². The maximum Gasteiger partial charge on any atom is 0.311 e. The molecule has 0 fully saturated rings. The van der Waals surface area contributed by atoms with E-state index in [2.05, 4.69) is 15.8 Å². The van der Waals surface area contributed by atoms with Gasteiger partial charge in [-0.15, -0.1) is 0 Å². The third-order valence-corrected chi connectivity index (χ3v) is 4.50. The number of carbonyl (C=O) groups excluding carboxylic acids is 2. The number of phenols is 1. The lowest BCUT2D eigenvalue weighted by Gasteiger charge is -2.35. The Hall–Kier alpha value is -3.61. The Bertz CT molecular complexity index is 1010. The SMILES string of the molecule is COc1cc(/C=N/NC(=O)C(=O)C=C2NC(C)(C)Cc3ccccc32)ccc1O. The van der Waals surface area contributed by atoms with Crippen LogP contribution in [0.1, 0.15) is 30.5 Å². The van der Waals surface area contributed by atoms with Gasteiger partial charge in [0.05, 0.1) is 13.3 Å². The first kappa shape index (κ1) is 20.1. The van der Waals surface area contributed by atoms with Crippen LogP contribution < -0.4 is 15.5 Å². The number of rotatable bonds is 5. The van der Waals surface area contributed by atoms with Crippen LogP contribution in [0.15, 0.2) is 53.6 Å². The summed E-state index contributed by atoms with van der Waals surface area (Å²) >= 11 is 0. The van der Waals surface area contributed by atoms with Gasteiger partial charge in [0.2, 0.25) is 5.78 Å². The molecule has 0 bridgehead atoms. The number of benzene rings is 2. The fraction of sp³-hybridized carbons (Fsp3) is 0.227. The molecule has 1 aliphatic heterocycles. The van der Waals surface area contributed by atoms with Gasteiger partial charge in [-0.05, 0) is 49.6 Å². The summed E-state index contributed by atoms with van der Waals surface area (Å²) in [6, 6.07) is 12.4. The molecule has 0 unspecified atom stereocenters. The lowest BCUT2D eigenvalue weighted by atomic mass is 9.85. The molecule has 1 aliphatic rings. The predicted octanol–water partition coefficient (Wildman–Crippen LogP) is 2.39. The molecule has 7 heteroatoms. The smallest absolute Gasteiger partial charge is 0.311 e. The van der Waals surface area contributed by atoms with Gasteiger partial charge in [-0.1, -0.05) is 24.3 Å². The number of phenolic OH excluding ortho intramolecular Hbond substituents is 1. The van der Waals surface area contributed by atoms with Crippen molar-refractivity contribution in [3.8, 4) is 11.5 Å². The van der Waals surface area contributed by atoms with E-state index in [1.54, 1.807) is 12.1 Å². The minimum absolute atomic E-state index is 0.00123. The molecule has 0 saturated heterocycles. The number of fused-ring (bicyclic) bond motifs is 1. The summed E-state index contributed by atoms with van der Waals surface area (Å²) in [5.74, 6) is -1.27. The van der Waals surface area contributed by atoms with Crippen molar-refractivity contribution in [1.82, 2.24) is 10.7 Å². The zero-order chi connectivity index (χ0) is 21.0. The number of nitrogens with one attached hydrogen (secondary N) is 2. The molecule has 2 aromatic rings. The van der Waals surface area contributed by atoms with E-state index in [1.807, 2.05) is 38.1 Å². The molecule has 2 aromatic carbocycles. The second-order valence-electron chi connectivity index (χ2n) is 7.40. The van der Waals surface area contributed by atoms with Crippen LogP contribution in [0.2, 0.25) is 0 Å². The number of carbonyl (C=O) groups is 2. The average Bonchev–Trinajstić information content (AvgIpc) is 2.68. The molecule has 7 nitrogen and oxygen atoms in total. The summed E-state index contributed by atoms with van der Waals surface area (Å²) in [5.41, 5.74) is 5.23. The van der Waals surface area contributed by atoms with Crippen LogP contribution in [0.4, 0.5) is 0 Å². The van der Waals surface area contributed by atoms with Gasteiger partial charge >= 0.3 is 5.91 Å². The normalized spacial score (nSPS) is 16.2. The van der Waals surface area contributed by atoms with E-state index in [4.69, 9.17) is 4.74 Å². The first-order valence-electron chi connectivity index (χ1n) is 9.11. The highest BCUT2D eigenvalue weighted by Crippen LogP contribution is 2.29. The van der Waals surface area contributed by atoms with Crippen LogP contribution in [-0.2, 0) is 16.0 Å². The topological polar surface area (TPSA) is 100 Å². The molecule has 0 spiro atoms. The monoisotopic (exact) mass is 393 g/mol. The molecule has 0 aliphatic carbocycles. The summed E-state index contributed by atoms with van der Waals surface area (Å²) in [6.07, 6.45) is 3.48. The molecule has 29 heavy (non-hydrogen) atoms. The number of aromatic hydroxyl groups is 1. The van der Waals surface area contributed by atoms with Gasteiger partial charge in [-0.25, -0.2) is 5.43 Å². The Balaban J connectivity index is 1.71. The third kappa shape index (κ3) is 4.82. The van der Waals surface area contributed by atoms with Crippen molar-refractivity contribution in [3.63, 3.8) is 0 Å². The van der Waals surface area contributed by atoms with Crippen LogP contribution in [0.5, 0.6) is 11.5 Å². The summed E-state index contributed by atoms with van der Waals surface area (Å²) in [5, 5.41) is 16.7. The molecule has 1 heterocycles.